The van der Waals surface area contributed by atoms with Gasteiger partial charge in [0.05, 0.1) is 30.1 Å². The number of esters is 1. The second-order valence-electron chi connectivity index (χ2n) is 4.80. The van der Waals surface area contributed by atoms with Crippen molar-refractivity contribution in [1.29, 1.82) is 5.26 Å². The summed E-state index contributed by atoms with van der Waals surface area (Å²) in [6, 6.07) is 3.35. The Hall–Kier alpha value is -3.38. The van der Waals surface area contributed by atoms with Crippen LogP contribution in [0.2, 0.25) is 0 Å². The van der Waals surface area contributed by atoms with Crippen molar-refractivity contribution < 1.29 is 23.5 Å². The molecule has 0 saturated carbocycles. The van der Waals surface area contributed by atoms with Crippen LogP contribution in [0.25, 0.3) is 6.08 Å². The number of carbonyl (C=O) groups is 3. The smallest absolute Gasteiger partial charge is 0.341 e. The maximum Gasteiger partial charge on any atom is 0.341 e. The quantitative estimate of drug-likeness (QED) is 0.476. The lowest BCUT2D eigenvalue weighted by molar-refractivity contribution is -0.112. The van der Waals surface area contributed by atoms with Crippen LogP contribution in [0.3, 0.4) is 0 Å². The average molecular weight is 359 g/mol. The summed E-state index contributed by atoms with van der Waals surface area (Å²) >= 11 is 0.840. The fraction of sp³-hybridized carbons (Fsp3) is 0.125. The van der Waals surface area contributed by atoms with E-state index in [0.717, 1.165) is 11.3 Å². The van der Waals surface area contributed by atoms with Crippen LogP contribution < -0.4 is 11.1 Å². The molecule has 0 fully saturated rings. The molecular formula is C16H13N3O5S. The number of nitriles is 1. The third kappa shape index (κ3) is 3.76. The fourth-order valence-electron chi connectivity index (χ4n) is 2.03. The van der Waals surface area contributed by atoms with Crippen LogP contribution in [0.15, 0.2) is 28.6 Å². The number of thiophene rings is 1. The minimum Gasteiger partial charge on any atom is -0.472 e. The molecule has 0 saturated heterocycles. The third-order valence-electron chi connectivity index (χ3n) is 3.21. The van der Waals surface area contributed by atoms with E-state index in [-0.39, 0.29) is 21.0 Å². The normalized spacial score (nSPS) is 10.8. The van der Waals surface area contributed by atoms with Gasteiger partial charge in [0, 0.05) is 5.56 Å². The molecule has 9 heteroatoms. The number of methoxy groups -OCH3 is 1. The SMILES string of the molecule is COC(=O)c1c(NC(=O)C(C#N)=Cc2ccoc2)sc(C(N)=O)c1C. The highest BCUT2D eigenvalue weighted by molar-refractivity contribution is 7.18. The van der Waals surface area contributed by atoms with E-state index in [9.17, 15) is 19.6 Å². The van der Waals surface area contributed by atoms with Gasteiger partial charge in [0.2, 0.25) is 0 Å². The van der Waals surface area contributed by atoms with Crippen LogP contribution in [0, 0.1) is 18.3 Å². The maximum absolute atomic E-state index is 12.3. The summed E-state index contributed by atoms with van der Waals surface area (Å²) in [5.74, 6) is -2.21. The van der Waals surface area contributed by atoms with Gasteiger partial charge in [0.15, 0.2) is 0 Å². The molecule has 0 atom stereocenters. The number of primary amides is 1. The van der Waals surface area contributed by atoms with Gasteiger partial charge in [0.25, 0.3) is 11.8 Å². The summed E-state index contributed by atoms with van der Waals surface area (Å²) in [5, 5.41) is 11.7. The van der Waals surface area contributed by atoms with Crippen molar-refractivity contribution in [2.45, 2.75) is 6.92 Å². The fourth-order valence-corrected chi connectivity index (χ4v) is 3.07. The van der Waals surface area contributed by atoms with Gasteiger partial charge in [-0.1, -0.05) is 0 Å². The van der Waals surface area contributed by atoms with Gasteiger partial charge in [-0.2, -0.15) is 5.26 Å². The monoisotopic (exact) mass is 359 g/mol. The molecule has 8 nitrogen and oxygen atoms in total. The number of rotatable bonds is 5. The molecule has 2 aromatic heterocycles. The molecule has 2 rings (SSSR count). The molecule has 2 amide bonds. The second kappa shape index (κ2) is 7.46. The Morgan fingerprint density at radius 3 is 2.68 bits per heavy atom. The zero-order valence-electron chi connectivity index (χ0n) is 13.3. The van der Waals surface area contributed by atoms with E-state index in [1.807, 2.05) is 0 Å². The summed E-state index contributed by atoms with van der Waals surface area (Å²) in [7, 11) is 1.18. The van der Waals surface area contributed by atoms with Crippen molar-refractivity contribution >= 4 is 40.2 Å². The maximum atomic E-state index is 12.3. The van der Waals surface area contributed by atoms with Crippen LogP contribution in [-0.4, -0.2) is 24.9 Å². The standard InChI is InChI=1S/C16H13N3O5S/c1-8-11(16(22)23-2)15(25-12(8)13(18)20)19-14(21)10(6-17)5-9-3-4-24-7-9/h3-5,7H,1-2H3,(H2,18,20)(H,19,21). The van der Waals surface area contributed by atoms with Gasteiger partial charge < -0.3 is 20.2 Å². The van der Waals surface area contributed by atoms with Crippen LogP contribution in [0.4, 0.5) is 5.00 Å². The Morgan fingerprint density at radius 1 is 1.44 bits per heavy atom. The first-order chi connectivity index (χ1) is 11.9. The predicted molar refractivity (Wildman–Crippen MR) is 89.8 cm³/mol. The number of nitrogens with two attached hydrogens (primary N) is 1. The molecule has 3 N–H and O–H groups in total. The number of nitrogens with one attached hydrogen (secondary N) is 1. The van der Waals surface area contributed by atoms with Crippen molar-refractivity contribution in [1.82, 2.24) is 0 Å². The highest BCUT2D eigenvalue weighted by Gasteiger charge is 2.26. The van der Waals surface area contributed by atoms with Gasteiger partial charge in [-0.05, 0) is 24.6 Å². The molecular weight excluding hydrogens is 346 g/mol. The zero-order chi connectivity index (χ0) is 18.6. The van der Waals surface area contributed by atoms with Gasteiger partial charge in [0.1, 0.15) is 16.6 Å². The summed E-state index contributed by atoms with van der Waals surface area (Å²) in [6.45, 7) is 1.52. The van der Waals surface area contributed by atoms with Crippen molar-refractivity contribution in [2.75, 3.05) is 12.4 Å². The molecule has 25 heavy (non-hydrogen) atoms. The topological polar surface area (TPSA) is 135 Å². The van der Waals surface area contributed by atoms with E-state index in [4.69, 9.17) is 10.2 Å². The Kier molecular flexibility index (Phi) is 5.36. The van der Waals surface area contributed by atoms with Gasteiger partial charge >= 0.3 is 5.97 Å². The first-order valence-electron chi connectivity index (χ1n) is 6.85. The third-order valence-corrected chi connectivity index (χ3v) is 4.43. The number of hydrogen-bond donors (Lipinski definition) is 2. The Balaban J connectivity index is 2.40. The van der Waals surface area contributed by atoms with E-state index >= 15 is 0 Å². The molecule has 128 valence electrons. The Bertz CT molecular complexity index is 903. The van der Waals surface area contributed by atoms with Crippen LogP contribution >= 0.6 is 11.3 Å². The minimum absolute atomic E-state index is 0.0234. The van der Waals surface area contributed by atoms with Crippen molar-refractivity contribution in [3.05, 3.63) is 45.7 Å². The van der Waals surface area contributed by atoms with Crippen LogP contribution in [0.1, 0.15) is 31.2 Å². The first kappa shape index (κ1) is 18.0. The van der Waals surface area contributed by atoms with E-state index < -0.39 is 17.8 Å². The zero-order valence-corrected chi connectivity index (χ0v) is 14.1. The minimum atomic E-state index is -0.744. The average Bonchev–Trinajstić information content (AvgIpc) is 3.19. The van der Waals surface area contributed by atoms with Crippen molar-refractivity contribution in [3.63, 3.8) is 0 Å². The molecule has 0 aromatic carbocycles. The van der Waals surface area contributed by atoms with Crippen LogP contribution in [0.5, 0.6) is 0 Å². The first-order valence-corrected chi connectivity index (χ1v) is 7.67. The van der Waals surface area contributed by atoms with Gasteiger partial charge in [-0.3, -0.25) is 9.59 Å². The van der Waals surface area contributed by atoms with E-state index in [1.54, 1.807) is 12.1 Å². The molecule has 2 aromatic rings. The lowest BCUT2D eigenvalue weighted by Gasteiger charge is -2.05. The van der Waals surface area contributed by atoms with Crippen molar-refractivity contribution in [2.24, 2.45) is 5.73 Å². The Morgan fingerprint density at radius 2 is 2.16 bits per heavy atom. The van der Waals surface area contributed by atoms with Crippen molar-refractivity contribution in [3.8, 4) is 6.07 Å². The number of ether oxygens (including phenoxy) is 1. The molecule has 0 aliphatic carbocycles. The molecule has 0 radical (unpaired) electrons. The number of amides is 2. The molecule has 0 spiro atoms. The molecule has 0 aliphatic heterocycles. The largest absolute Gasteiger partial charge is 0.472 e. The Labute approximate surface area is 146 Å². The summed E-state index contributed by atoms with van der Waals surface area (Å²) in [5.41, 5.74) is 5.93. The summed E-state index contributed by atoms with van der Waals surface area (Å²) in [4.78, 5) is 35.9. The molecule has 2 heterocycles. The van der Waals surface area contributed by atoms with E-state index in [0.29, 0.717) is 11.1 Å². The molecule has 0 aliphatic rings. The number of nitrogens with zero attached hydrogens (tertiary/aromatic N) is 1. The highest BCUT2D eigenvalue weighted by Crippen LogP contribution is 2.33. The number of anilines is 1. The highest BCUT2D eigenvalue weighted by atomic mass is 32.1. The number of furan rings is 1. The predicted octanol–water partition coefficient (Wildman–Crippen LogP) is 2.08. The van der Waals surface area contributed by atoms with E-state index in [1.165, 1.54) is 32.6 Å². The number of carbonyl (C=O) groups excluding carboxylic acids is 3. The number of hydrogen-bond acceptors (Lipinski definition) is 7. The molecule has 0 unspecified atom stereocenters. The lowest BCUT2D eigenvalue weighted by Crippen LogP contribution is -2.15. The van der Waals surface area contributed by atoms with Crippen LogP contribution in [-0.2, 0) is 9.53 Å². The van der Waals surface area contributed by atoms with Gasteiger partial charge in [-0.15, -0.1) is 11.3 Å². The lowest BCUT2D eigenvalue weighted by atomic mass is 10.1. The molecule has 0 bridgehead atoms. The summed E-state index contributed by atoms with van der Waals surface area (Å²) in [6.07, 6.45) is 4.09. The van der Waals surface area contributed by atoms with Gasteiger partial charge in [-0.25, -0.2) is 4.79 Å². The summed E-state index contributed by atoms with van der Waals surface area (Å²) < 4.78 is 9.55. The van der Waals surface area contributed by atoms with E-state index in [2.05, 4.69) is 10.1 Å². The second-order valence-corrected chi connectivity index (χ2v) is 5.82.